The lowest BCUT2D eigenvalue weighted by Crippen LogP contribution is -2.63. The number of aliphatic hydroxyl groups excluding tert-OH is 3. The van der Waals surface area contributed by atoms with Crippen LogP contribution in [-0.2, 0) is 14.3 Å². The van der Waals surface area contributed by atoms with Crippen LogP contribution < -0.4 is 0 Å². The highest BCUT2D eigenvalue weighted by Crippen LogP contribution is 2.68. The van der Waals surface area contributed by atoms with Crippen LogP contribution in [0, 0.1) is 34.5 Å². The Morgan fingerprint density at radius 1 is 1.18 bits per heavy atom. The number of aliphatic hydroxyl groups is 3. The summed E-state index contributed by atoms with van der Waals surface area (Å²) in [6.07, 6.45) is 12.0. The Bertz CT molecular complexity index is 903. The van der Waals surface area contributed by atoms with Crippen molar-refractivity contribution < 1.29 is 29.6 Å². The molecule has 0 aliphatic heterocycles. The Morgan fingerprint density at radius 3 is 2.62 bits per heavy atom. The van der Waals surface area contributed by atoms with E-state index in [-0.39, 0.29) is 40.7 Å². The number of rotatable bonds is 5. The maximum atomic E-state index is 13.4. The summed E-state index contributed by atoms with van der Waals surface area (Å²) in [6, 6.07) is 0. The Morgan fingerprint density at radius 2 is 1.91 bits per heavy atom. The second kappa shape index (κ2) is 8.65. The van der Waals surface area contributed by atoms with Gasteiger partial charge in [-0.2, -0.15) is 0 Å². The number of carbonyl (C=O) groups is 2. The van der Waals surface area contributed by atoms with E-state index >= 15 is 0 Å². The van der Waals surface area contributed by atoms with E-state index in [2.05, 4.69) is 6.92 Å². The summed E-state index contributed by atoms with van der Waals surface area (Å²) in [6.45, 7) is 3.55. The first kappa shape index (κ1) is 24.4. The summed E-state index contributed by atoms with van der Waals surface area (Å²) in [5, 5.41) is 32.7. The van der Waals surface area contributed by atoms with Crippen molar-refractivity contribution in [1.29, 1.82) is 0 Å². The molecular formula is C28H40O6. The molecule has 5 aliphatic carbocycles. The number of Topliss-reactive ketones (excluding diaryl/α,β-unsaturated/α-hetero) is 1. The van der Waals surface area contributed by atoms with Crippen LogP contribution in [0.25, 0.3) is 0 Å². The first-order valence-corrected chi connectivity index (χ1v) is 13.3. The highest BCUT2D eigenvalue weighted by atomic mass is 16.6. The van der Waals surface area contributed by atoms with E-state index in [1.165, 1.54) is 0 Å². The number of allylic oxidation sites excluding steroid dienone is 4. The van der Waals surface area contributed by atoms with Crippen molar-refractivity contribution in [2.75, 3.05) is 6.61 Å². The van der Waals surface area contributed by atoms with Crippen LogP contribution >= 0.6 is 0 Å². The van der Waals surface area contributed by atoms with Crippen LogP contribution in [0.4, 0.5) is 0 Å². The molecule has 0 heterocycles. The largest absolute Gasteiger partial charge is 0.393 e. The van der Waals surface area contributed by atoms with E-state index in [1.54, 1.807) is 12.2 Å². The quantitative estimate of drug-likeness (QED) is 0.529. The normalized spacial score (nSPS) is 45.2. The van der Waals surface area contributed by atoms with Crippen LogP contribution in [0.15, 0.2) is 23.8 Å². The highest BCUT2D eigenvalue weighted by molar-refractivity contribution is 6.01. The number of ether oxygens (including phenoxy) is 1. The maximum Gasteiger partial charge on any atom is 0.190 e. The van der Waals surface area contributed by atoms with Gasteiger partial charge in [0.1, 0.15) is 12.2 Å². The van der Waals surface area contributed by atoms with E-state index in [0.717, 1.165) is 56.9 Å². The van der Waals surface area contributed by atoms with Crippen LogP contribution in [0.5, 0.6) is 0 Å². The zero-order chi connectivity index (χ0) is 24.3. The molecule has 0 radical (unpaired) electrons. The number of fused-ring (bicyclic) bond motifs is 5. The molecule has 0 bridgehead atoms. The van der Waals surface area contributed by atoms with Crippen LogP contribution in [0.3, 0.4) is 0 Å². The molecule has 0 aromatic rings. The molecule has 6 nitrogen and oxygen atoms in total. The lowest BCUT2D eigenvalue weighted by Gasteiger charge is -2.60. The monoisotopic (exact) mass is 472 g/mol. The summed E-state index contributed by atoms with van der Waals surface area (Å²) in [5.41, 5.74) is -1.23. The molecule has 8 atom stereocenters. The number of hydrogen-bond donors (Lipinski definition) is 3. The van der Waals surface area contributed by atoms with Crippen LogP contribution in [0.1, 0.15) is 78.1 Å². The number of ketones is 2. The average molecular weight is 473 g/mol. The highest BCUT2D eigenvalue weighted by Gasteiger charge is 2.69. The van der Waals surface area contributed by atoms with E-state index in [4.69, 9.17) is 4.74 Å². The van der Waals surface area contributed by atoms with Gasteiger partial charge in [0.2, 0.25) is 0 Å². The third-order valence-electron chi connectivity index (χ3n) is 10.6. The van der Waals surface area contributed by atoms with Gasteiger partial charge in [-0.25, -0.2) is 0 Å². The Balaban J connectivity index is 1.49. The minimum Gasteiger partial charge on any atom is -0.393 e. The van der Waals surface area contributed by atoms with Crippen molar-refractivity contribution in [2.24, 2.45) is 34.5 Å². The second-order valence-corrected chi connectivity index (χ2v) is 12.1. The Kier molecular flexibility index (Phi) is 6.20. The predicted molar refractivity (Wildman–Crippen MR) is 126 cm³/mol. The van der Waals surface area contributed by atoms with Gasteiger partial charge in [0.05, 0.1) is 6.10 Å². The molecule has 0 aromatic carbocycles. The molecular weight excluding hydrogens is 432 g/mol. The molecule has 34 heavy (non-hydrogen) atoms. The minimum absolute atomic E-state index is 0.00669. The lowest BCUT2D eigenvalue weighted by atomic mass is 9.46. The van der Waals surface area contributed by atoms with Crippen LogP contribution in [0.2, 0.25) is 0 Å². The molecule has 6 heteroatoms. The van der Waals surface area contributed by atoms with Crippen molar-refractivity contribution in [2.45, 2.75) is 96.1 Å². The standard InChI is InChI=1S/C28H40O6/c1-26-12-10-19(30)14-18(26)8-9-20-21-11-13-28(23(32)16-29,27(21,2)15-22(31)24(20)26)34-25(33)17-6-4-3-5-7-17/h10,12,14,17,20-22,24-25,29,31,33H,3-9,11,13,15-16H2,1-2H3/t20?,21?,22-,24?,25+,26-,27?,28-/m0/s1. The van der Waals surface area contributed by atoms with Gasteiger partial charge >= 0.3 is 0 Å². The molecule has 4 saturated carbocycles. The van der Waals surface area contributed by atoms with Crippen LogP contribution in [-0.4, -0.2) is 51.5 Å². The minimum atomic E-state index is -1.29. The molecule has 0 amide bonds. The fourth-order valence-electron chi connectivity index (χ4n) is 8.88. The zero-order valence-electron chi connectivity index (χ0n) is 20.5. The SMILES string of the molecule is CC12C[C@H](O)C3C(CCC4=CC(=O)C=C[C@@]43C)C1CC[C@]2(O[C@@H](O)C1CCCCC1)C(=O)CO. The van der Waals surface area contributed by atoms with Crippen molar-refractivity contribution in [3.63, 3.8) is 0 Å². The third kappa shape index (κ3) is 3.43. The lowest BCUT2D eigenvalue weighted by molar-refractivity contribution is -0.255. The van der Waals surface area contributed by atoms with Gasteiger partial charge in [0, 0.05) is 22.7 Å². The van der Waals surface area contributed by atoms with Gasteiger partial charge in [-0.15, -0.1) is 0 Å². The topological polar surface area (TPSA) is 104 Å². The van der Waals surface area contributed by atoms with Crippen molar-refractivity contribution in [3.8, 4) is 0 Å². The molecule has 4 fully saturated rings. The first-order chi connectivity index (χ1) is 16.2. The smallest absolute Gasteiger partial charge is 0.190 e. The van der Waals surface area contributed by atoms with Crippen molar-refractivity contribution >= 4 is 11.6 Å². The fraction of sp³-hybridized carbons (Fsp3) is 0.786. The molecule has 5 rings (SSSR count). The van der Waals surface area contributed by atoms with Gasteiger partial charge < -0.3 is 20.1 Å². The van der Waals surface area contributed by atoms with Crippen molar-refractivity contribution in [1.82, 2.24) is 0 Å². The second-order valence-electron chi connectivity index (χ2n) is 12.1. The first-order valence-electron chi connectivity index (χ1n) is 13.3. The third-order valence-corrected chi connectivity index (χ3v) is 10.6. The van der Waals surface area contributed by atoms with E-state index < -0.39 is 30.0 Å². The molecule has 5 aliphatic rings. The van der Waals surface area contributed by atoms with Gasteiger partial charge in [-0.3, -0.25) is 9.59 Å². The molecule has 188 valence electrons. The van der Waals surface area contributed by atoms with Gasteiger partial charge in [0.15, 0.2) is 17.9 Å². The number of hydrogen-bond acceptors (Lipinski definition) is 6. The van der Waals surface area contributed by atoms with Gasteiger partial charge in [-0.1, -0.05) is 44.8 Å². The molecule has 0 saturated heterocycles. The summed E-state index contributed by atoms with van der Waals surface area (Å²) in [7, 11) is 0. The molecule has 4 unspecified atom stereocenters. The average Bonchev–Trinajstić information content (AvgIpc) is 3.11. The predicted octanol–water partition coefficient (Wildman–Crippen LogP) is 3.48. The molecule has 0 spiro atoms. The van der Waals surface area contributed by atoms with E-state index in [9.17, 15) is 24.9 Å². The maximum absolute atomic E-state index is 13.4. The van der Waals surface area contributed by atoms with Crippen molar-refractivity contribution in [3.05, 3.63) is 23.8 Å². The summed E-state index contributed by atoms with van der Waals surface area (Å²) < 4.78 is 6.40. The Hall–Kier alpha value is -1.34. The molecule has 0 aromatic heterocycles. The fourth-order valence-corrected chi connectivity index (χ4v) is 8.88. The van der Waals surface area contributed by atoms with Gasteiger partial charge in [0.25, 0.3) is 0 Å². The van der Waals surface area contributed by atoms with Gasteiger partial charge in [-0.05, 0) is 68.9 Å². The summed E-state index contributed by atoms with van der Waals surface area (Å²) >= 11 is 0. The summed E-state index contributed by atoms with van der Waals surface area (Å²) in [4.78, 5) is 25.4. The zero-order valence-corrected chi connectivity index (χ0v) is 20.5. The Labute approximate surface area is 202 Å². The number of carbonyl (C=O) groups excluding carboxylic acids is 2. The molecule has 3 N–H and O–H groups in total. The van der Waals surface area contributed by atoms with E-state index in [0.29, 0.717) is 12.8 Å². The summed E-state index contributed by atoms with van der Waals surface area (Å²) in [5.74, 6) is -0.0642. The van der Waals surface area contributed by atoms with E-state index in [1.807, 2.05) is 13.0 Å².